The molecule has 1 aliphatic rings. The number of carbonyl (C=O) groups excluding carboxylic acids is 1. The molecule has 0 spiro atoms. The van der Waals surface area contributed by atoms with E-state index in [-0.39, 0.29) is 0 Å². The molecule has 0 bridgehead atoms. The van der Waals surface area contributed by atoms with Crippen molar-refractivity contribution in [1.82, 2.24) is 14.7 Å². The predicted molar refractivity (Wildman–Crippen MR) is 67.2 cm³/mol. The predicted octanol–water partition coefficient (Wildman–Crippen LogP) is 1.46. The van der Waals surface area contributed by atoms with Crippen molar-refractivity contribution in [2.45, 2.75) is 5.92 Å². The second-order valence-corrected chi connectivity index (χ2v) is 4.70. The van der Waals surface area contributed by atoms with E-state index in [0.717, 1.165) is 18.9 Å². The maximum absolute atomic E-state index is 11.7. The highest BCUT2D eigenvalue weighted by atomic mass is 35.5. The summed E-state index contributed by atoms with van der Waals surface area (Å²) in [5, 5.41) is 3.77. The molecule has 2 aromatic heterocycles. The van der Waals surface area contributed by atoms with Crippen molar-refractivity contribution in [3.8, 4) is 0 Å². The molecule has 2 aromatic rings. The van der Waals surface area contributed by atoms with E-state index in [1.54, 1.807) is 12.1 Å². The van der Waals surface area contributed by atoms with Gasteiger partial charge in [0.25, 0.3) is 0 Å². The van der Waals surface area contributed by atoms with Crippen molar-refractivity contribution in [1.29, 1.82) is 0 Å². The normalized spacial score (nSPS) is 15.7. The zero-order valence-corrected chi connectivity index (χ0v) is 10.6. The van der Waals surface area contributed by atoms with Crippen LogP contribution >= 0.6 is 11.6 Å². The number of nitrogens with zero attached hydrogens (tertiary/aromatic N) is 2. The summed E-state index contributed by atoms with van der Waals surface area (Å²) >= 11 is 5.97. The monoisotopic (exact) mass is 265 g/mol. The first kappa shape index (κ1) is 11.5. The number of halogens is 1. The zero-order valence-electron chi connectivity index (χ0n) is 9.81. The van der Waals surface area contributed by atoms with Crippen molar-refractivity contribution < 1.29 is 9.53 Å². The van der Waals surface area contributed by atoms with Gasteiger partial charge >= 0.3 is 5.97 Å². The molecule has 3 rings (SSSR count). The first-order chi connectivity index (χ1) is 8.70. The smallest absolute Gasteiger partial charge is 0.358 e. The summed E-state index contributed by atoms with van der Waals surface area (Å²) in [7, 11) is 1.35. The van der Waals surface area contributed by atoms with E-state index in [1.807, 2.05) is 10.6 Å². The van der Waals surface area contributed by atoms with Crippen molar-refractivity contribution >= 4 is 23.1 Å². The fraction of sp³-hybridized carbons (Fsp3) is 0.333. The summed E-state index contributed by atoms with van der Waals surface area (Å²) in [5.74, 6) is 0.770. The highest BCUT2D eigenvalue weighted by molar-refractivity contribution is 6.31. The van der Waals surface area contributed by atoms with E-state index in [0.29, 0.717) is 22.2 Å². The van der Waals surface area contributed by atoms with Gasteiger partial charge in [-0.3, -0.25) is 0 Å². The van der Waals surface area contributed by atoms with Crippen LogP contribution in [0.25, 0.3) is 5.52 Å². The molecule has 18 heavy (non-hydrogen) atoms. The average molecular weight is 266 g/mol. The number of ether oxygens (including phenoxy) is 1. The SMILES string of the molecule is COC(=O)c1nc(C2CNC2)n2ccc(Cl)cc12. The fourth-order valence-electron chi connectivity index (χ4n) is 2.09. The molecular weight excluding hydrogens is 254 g/mol. The van der Waals surface area contributed by atoms with Crippen molar-refractivity contribution in [2.75, 3.05) is 20.2 Å². The van der Waals surface area contributed by atoms with E-state index in [9.17, 15) is 4.79 Å². The molecule has 0 aromatic carbocycles. The maximum atomic E-state index is 11.7. The standard InChI is InChI=1S/C12H12ClN3O2/c1-18-12(17)10-9-4-8(13)2-3-16(9)11(15-10)7-5-14-6-7/h2-4,7,14H,5-6H2,1H3. The van der Waals surface area contributed by atoms with Crippen LogP contribution in [-0.4, -0.2) is 35.6 Å². The number of esters is 1. The molecule has 0 amide bonds. The van der Waals surface area contributed by atoms with Gasteiger partial charge < -0.3 is 14.5 Å². The Morgan fingerprint density at radius 3 is 3.00 bits per heavy atom. The van der Waals surface area contributed by atoms with Gasteiger partial charge in [-0.05, 0) is 12.1 Å². The Kier molecular flexibility index (Phi) is 2.72. The topological polar surface area (TPSA) is 55.6 Å². The molecular formula is C12H12ClN3O2. The molecule has 1 N–H and O–H groups in total. The van der Waals surface area contributed by atoms with E-state index < -0.39 is 5.97 Å². The maximum Gasteiger partial charge on any atom is 0.358 e. The van der Waals surface area contributed by atoms with Gasteiger partial charge in [0.15, 0.2) is 5.69 Å². The summed E-state index contributed by atoms with van der Waals surface area (Å²) in [6.45, 7) is 1.75. The lowest BCUT2D eigenvalue weighted by Gasteiger charge is -2.25. The fourth-order valence-corrected chi connectivity index (χ4v) is 2.25. The van der Waals surface area contributed by atoms with E-state index in [2.05, 4.69) is 10.3 Å². The molecule has 0 saturated carbocycles. The van der Waals surface area contributed by atoms with E-state index in [4.69, 9.17) is 16.3 Å². The first-order valence-electron chi connectivity index (χ1n) is 5.67. The molecule has 3 heterocycles. The van der Waals surface area contributed by atoms with Crippen LogP contribution in [0, 0.1) is 0 Å². The molecule has 0 atom stereocenters. The van der Waals surface area contributed by atoms with Gasteiger partial charge in [-0.25, -0.2) is 9.78 Å². The van der Waals surface area contributed by atoms with Gasteiger partial charge in [0.1, 0.15) is 5.82 Å². The van der Waals surface area contributed by atoms with Crippen LogP contribution in [0.3, 0.4) is 0 Å². The lowest BCUT2D eigenvalue weighted by molar-refractivity contribution is 0.0596. The van der Waals surface area contributed by atoms with Crippen LogP contribution < -0.4 is 5.32 Å². The van der Waals surface area contributed by atoms with Gasteiger partial charge in [0.05, 0.1) is 12.6 Å². The van der Waals surface area contributed by atoms with Crippen molar-refractivity contribution in [2.24, 2.45) is 0 Å². The Balaban J connectivity index is 2.21. The highest BCUT2D eigenvalue weighted by Crippen LogP contribution is 2.25. The average Bonchev–Trinajstić information content (AvgIpc) is 2.65. The number of fused-ring (bicyclic) bond motifs is 1. The van der Waals surface area contributed by atoms with E-state index >= 15 is 0 Å². The lowest BCUT2D eigenvalue weighted by Crippen LogP contribution is -2.40. The second kappa shape index (κ2) is 4.26. The number of carbonyl (C=O) groups is 1. The van der Waals surface area contributed by atoms with Crippen LogP contribution in [0.5, 0.6) is 0 Å². The summed E-state index contributed by atoms with van der Waals surface area (Å²) in [4.78, 5) is 16.1. The van der Waals surface area contributed by atoms with E-state index in [1.165, 1.54) is 7.11 Å². The number of pyridine rings is 1. The third-order valence-corrected chi connectivity index (χ3v) is 3.39. The van der Waals surface area contributed by atoms with Crippen LogP contribution in [0.2, 0.25) is 5.02 Å². The minimum absolute atomic E-state index is 0.321. The highest BCUT2D eigenvalue weighted by Gasteiger charge is 2.27. The number of hydrogen-bond acceptors (Lipinski definition) is 4. The molecule has 1 saturated heterocycles. The molecule has 6 heteroatoms. The van der Waals surface area contributed by atoms with Crippen LogP contribution in [-0.2, 0) is 4.74 Å². The van der Waals surface area contributed by atoms with Crippen molar-refractivity contribution in [3.63, 3.8) is 0 Å². The summed E-state index contributed by atoms with van der Waals surface area (Å²) < 4.78 is 6.66. The third kappa shape index (κ3) is 1.67. The van der Waals surface area contributed by atoms with Crippen LogP contribution in [0.15, 0.2) is 18.3 Å². The number of hydrogen-bond donors (Lipinski definition) is 1. The molecule has 94 valence electrons. The number of nitrogens with one attached hydrogen (secondary N) is 1. The number of methoxy groups -OCH3 is 1. The largest absolute Gasteiger partial charge is 0.464 e. The second-order valence-electron chi connectivity index (χ2n) is 4.27. The molecule has 5 nitrogen and oxygen atoms in total. The minimum Gasteiger partial charge on any atom is -0.464 e. The molecule has 1 aliphatic heterocycles. The van der Waals surface area contributed by atoms with Gasteiger partial charge in [0, 0.05) is 30.2 Å². The zero-order chi connectivity index (χ0) is 12.7. The van der Waals surface area contributed by atoms with Crippen LogP contribution in [0.4, 0.5) is 0 Å². The number of imidazole rings is 1. The lowest BCUT2D eigenvalue weighted by atomic mass is 10.0. The quantitative estimate of drug-likeness (QED) is 0.836. The summed E-state index contributed by atoms with van der Waals surface area (Å²) in [6.07, 6.45) is 1.84. The molecule has 1 fully saturated rings. The summed E-state index contributed by atoms with van der Waals surface area (Å²) in [5.41, 5.74) is 1.01. The Bertz CT molecular complexity index is 619. The minimum atomic E-state index is -0.437. The molecule has 0 radical (unpaired) electrons. The Morgan fingerprint density at radius 2 is 2.39 bits per heavy atom. The third-order valence-electron chi connectivity index (χ3n) is 3.16. The first-order valence-corrected chi connectivity index (χ1v) is 6.05. The Labute approximate surface area is 109 Å². The van der Waals surface area contributed by atoms with Gasteiger partial charge in [-0.1, -0.05) is 11.6 Å². The van der Waals surface area contributed by atoms with Crippen LogP contribution in [0.1, 0.15) is 22.2 Å². The Hall–Kier alpha value is -1.59. The Morgan fingerprint density at radius 1 is 1.61 bits per heavy atom. The van der Waals surface area contributed by atoms with Gasteiger partial charge in [-0.2, -0.15) is 0 Å². The number of rotatable bonds is 2. The van der Waals surface area contributed by atoms with Crippen molar-refractivity contribution in [3.05, 3.63) is 34.9 Å². The molecule has 0 unspecified atom stereocenters. The molecule has 0 aliphatic carbocycles. The summed E-state index contributed by atoms with van der Waals surface area (Å²) in [6, 6.07) is 3.52. The van der Waals surface area contributed by atoms with Gasteiger partial charge in [-0.15, -0.1) is 0 Å². The number of aromatic nitrogens is 2. The van der Waals surface area contributed by atoms with Gasteiger partial charge in [0.2, 0.25) is 0 Å².